The highest BCUT2D eigenvalue weighted by Gasteiger charge is 2.11. The van der Waals surface area contributed by atoms with E-state index in [9.17, 15) is 0 Å². The molecule has 1 aliphatic heterocycles. The Morgan fingerprint density at radius 1 is 1.38 bits per heavy atom. The maximum Gasteiger partial charge on any atom is 0.0469 e. The van der Waals surface area contributed by atoms with Crippen molar-refractivity contribution in [3.05, 3.63) is 0 Å². The first-order valence-corrected chi connectivity index (χ1v) is 5.72. The van der Waals surface area contributed by atoms with Crippen molar-refractivity contribution >= 4 is 0 Å². The molecule has 1 fully saturated rings. The fraction of sp³-hybridized carbons (Fsp3) is 1.00. The molecule has 1 N–H and O–H groups in total. The Morgan fingerprint density at radius 2 is 2.31 bits per heavy atom. The molecule has 2 nitrogen and oxygen atoms in total. The van der Waals surface area contributed by atoms with Gasteiger partial charge in [-0.2, -0.15) is 0 Å². The average Bonchev–Trinajstić information content (AvgIpc) is 2.19. The minimum Gasteiger partial charge on any atom is -0.381 e. The van der Waals surface area contributed by atoms with E-state index in [-0.39, 0.29) is 0 Å². The van der Waals surface area contributed by atoms with Crippen molar-refractivity contribution in [2.24, 2.45) is 5.92 Å². The number of ether oxygens (including phenoxy) is 1. The lowest BCUT2D eigenvalue weighted by molar-refractivity contribution is 0.113. The summed E-state index contributed by atoms with van der Waals surface area (Å²) in [6.07, 6.45) is 6.44. The van der Waals surface area contributed by atoms with Gasteiger partial charge < -0.3 is 10.1 Å². The van der Waals surface area contributed by atoms with Crippen LogP contribution in [0.1, 0.15) is 39.0 Å². The lowest BCUT2D eigenvalue weighted by Crippen LogP contribution is -2.30. The van der Waals surface area contributed by atoms with Crippen LogP contribution in [-0.2, 0) is 4.74 Å². The smallest absolute Gasteiger partial charge is 0.0469 e. The molecular weight excluding hydrogens is 162 g/mol. The third-order valence-electron chi connectivity index (χ3n) is 2.71. The summed E-state index contributed by atoms with van der Waals surface area (Å²) in [6.45, 7) is 6.54. The van der Waals surface area contributed by atoms with Gasteiger partial charge in [-0.15, -0.1) is 0 Å². The van der Waals surface area contributed by atoms with Crippen LogP contribution >= 0.6 is 0 Å². The molecule has 0 amide bonds. The van der Waals surface area contributed by atoms with E-state index in [0.29, 0.717) is 0 Å². The number of hydrogen-bond acceptors (Lipinski definition) is 2. The number of rotatable bonds is 6. The van der Waals surface area contributed by atoms with Crippen molar-refractivity contribution < 1.29 is 4.74 Å². The predicted molar refractivity (Wildman–Crippen MR) is 55.9 cm³/mol. The second kappa shape index (κ2) is 7.34. The number of piperidine rings is 1. The van der Waals surface area contributed by atoms with Gasteiger partial charge in [0.2, 0.25) is 0 Å². The van der Waals surface area contributed by atoms with Gasteiger partial charge in [0.05, 0.1) is 0 Å². The number of nitrogens with one attached hydrogen (secondary N) is 1. The van der Waals surface area contributed by atoms with Gasteiger partial charge in [0.15, 0.2) is 0 Å². The highest BCUT2D eigenvalue weighted by atomic mass is 16.5. The standard InChI is InChI=1S/C11H23NO/c1-2-3-8-13-9-6-11-5-4-7-12-10-11/h11-12H,2-10H2,1H3/t11-/m1/s1. The van der Waals surface area contributed by atoms with Gasteiger partial charge in [0.1, 0.15) is 0 Å². The van der Waals surface area contributed by atoms with Crippen molar-refractivity contribution in [2.45, 2.75) is 39.0 Å². The molecule has 0 aliphatic carbocycles. The zero-order valence-electron chi connectivity index (χ0n) is 8.85. The van der Waals surface area contributed by atoms with Crippen LogP contribution in [0.5, 0.6) is 0 Å². The average molecular weight is 185 g/mol. The molecule has 0 unspecified atom stereocenters. The lowest BCUT2D eigenvalue weighted by atomic mass is 9.97. The molecule has 0 spiro atoms. The van der Waals surface area contributed by atoms with Crippen molar-refractivity contribution in [3.8, 4) is 0 Å². The minimum absolute atomic E-state index is 0.871. The van der Waals surface area contributed by atoms with E-state index >= 15 is 0 Å². The van der Waals surface area contributed by atoms with E-state index in [1.54, 1.807) is 0 Å². The fourth-order valence-corrected chi connectivity index (χ4v) is 1.77. The summed E-state index contributed by atoms with van der Waals surface area (Å²) in [5.41, 5.74) is 0. The summed E-state index contributed by atoms with van der Waals surface area (Å²) in [6, 6.07) is 0. The van der Waals surface area contributed by atoms with Crippen LogP contribution in [0.25, 0.3) is 0 Å². The van der Waals surface area contributed by atoms with Gasteiger partial charge in [-0.1, -0.05) is 13.3 Å². The summed E-state index contributed by atoms with van der Waals surface area (Å²) in [5.74, 6) is 0.871. The third kappa shape index (κ3) is 5.27. The molecule has 0 bridgehead atoms. The van der Waals surface area contributed by atoms with Gasteiger partial charge in [-0.05, 0) is 44.7 Å². The van der Waals surface area contributed by atoms with Crippen LogP contribution in [-0.4, -0.2) is 26.3 Å². The maximum atomic E-state index is 5.55. The van der Waals surface area contributed by atoms with Gasteiger partial charge in [0.25, 0.3) is 0 Å². The maximum absolute atomic E-state index is 5.55. The molecule has 1 rings (SSSR count). The third-order valence-corrected chi connectivity index (χ3v) is 2.71. The van der Waals surface area contributed by atoms with Crippen LogP contribution in [0.2, 0.25) is 0 Å². The lowest BCUT2D eigenvalue weighted by Gasteiger charge is -2.22. The Kier molecular flexibility index (Phi) is 6.21. The summed E-state index contributed by atoms with van der Waals surface area (Å²) in [7, 11) is 0. The highest BCUT2D eigenvalue weighted by Crippen LogP contribution is 2.13. The Labute approximate surface area is 82.0 Å². The molecule has 78 valence electrons. The quantitative estimate of drug-likeness (QED) is 0.640. The Morgan fingerprint density at radius 3 is 3.00 bits per heavy atom. The number of hydrogen-bond donors (Lipinski definition) is 1. The normalized spacial score (nSPS) is 23.3. The van der Waals surface area contributed by atoms with E-state index in [2.05, 4.69) is 12.2 Å². The Bertz CT molecular complexity index is 111. The zero-order chi connectivity index (χ0) is 9.36. The molecule has 1 heterocycles. The first kappa shape index (κ1) is 11.0. The van der Waals surface area contributed by atoms with Crippen molar-refractivity contribution in [1.29, 1.82) is 0 Å². The predicted octanol–water partition coefficient (Wildman–Crippen LogP) is 2.19. The summed E-state index contributed by atoms with van der Waals surface area (Å²) in [4.78, 5) is 0. The van der Waals surface area contributed by atoms with E-state index in [0.717, 1.165) is 19.1 Å². The molecule has 0 radical (unpaired) electrons. The van der Waals surface area contributed by atoms with E-state index in [4.69, 9.17) is 4.74 Å². The first-order chi connectivity index (χ1) is 6.43. The molecule has 2 heteroatoms. The van der Waals surface area contributed by atoms with Crippen molar-refractivity contribution in [2.75, 3.05) is 26.3 Å². The molecule has 1 aliphatic rings. The molecule has 0 saturated carbocycles. The molecule has 1 atom stereocenters. The molecular formula is C11H23NO. The van der Waals surface area contributed by atoms with E-state index in [1.165, 1.54) is 45.2 Å². The SMILES string of the molecule is CCCCOCC[C@H]1CCCNC1. The largest absolute Gasteiger partial charge is 0.381 e. The number of unbranched alkanes of at least 4 members (excludes halogenated alkanes) is 1. The molecule has 13 heavy (non-hydrogen) atoms. The van der Waals surface area contributed by atoms with Crippen LogP contribution < -0.4 is 5.32 Å². The van der Waals surface area contributed by atoms with Gasteiger partial charge in [-0.25, -0.2) is 0 Å². The van der Waals surface area contributed by atoms with Crippen molar-refractivity contribution in [3.63, 3.8) is 0 Å². The van der Waals surface area contributed by atoms with Gasteiger partial charge in [-0.3, -0.25) is 0 Å². The van der Waals surface area contributed by atoms with E-state index in [1.807, 2.05) is 0 Å². The van der Waals surface area contributed by atoms with Gasteiger partial charge >= 0.3 is 0 Å². The highest BCUT2D eigenvalue weighted by molar-refractivity contribution is 4.68. The summed E-state index contributed by atoms with van der Waals surface area (Å²) >= 11 is 0. The van der Waals surface area contributed by atoms with Crippen molar-refractivity contribution in [1.82, 2.24) is 5.32 Å². The second-order valence-electron chi connectivity index (χ2n) is 3.97. The van der Waals surface area contributed by atoms with Crippen LogP contribution in [0.4, 0.5) is 0 Å². The molecule has 0 aromatic heterocycles. The summed E-state index contributed by atoms with van der Waals surface area (Å²) < 4.78 is 5.55. The Balaban J connectivity index is 1.86. The molecule has 1 saturated heterocycles. The van der Waals surface area contributed by atoms with Crippen LogP contribution in [0.15, 0.2) is 0 Å². The second-order valence-corrected chi connectivity index (χ2v) is 3.97. The van der Waals surface area contributed by atoms with Crippen LogP contribution in [0, 0.1) is 5.92 Å². The fourth-order valence-electron chi connectivity index (χ4n) is 1.77. The summed E-state index contributed by atoms with van der Waals surface area (Å²) in [5, 5.41) is 3.43. The first-order valence-electron chi connectivity index (χ1n) is 5.72. The van der Waals surface area contributed by atoms with Crippen LogP contribution in [0.3, 0.4) is 0 Å². The monoisotopic (exact) mass is 185 g/mol. The molecule has 0 aromatic carbocycles. The minimum atomic E-state index is 0.871. The topological polar surface area (TPSA) is 21.3 Å². The molecule has 0 aromatic rings. The zero-order valence-corrected chi connectivity index (χ0v) is 8.85. The van der Waals surface area contributed by atoms with Gasteiger partial charge in [0, 0.05) is 13.2 Å². The van der Waals surface area contributed by atoms with E-state index < -0.39 is 0 Å². The Hall–Kier alpha value is -0.0800.